The number of nitrogens with zero attached hydrogens (tertiary/aromatic N) is 2. The molecule has 1 amide bonds. The number of carbonyl (C=O) groups excluding carboxylic acids is 1. The van der Waals surface area contributed by atoms with Gasteiger partial charge in [-0.1, -0.05) is 0 Å². The molecule has 0 radical (unpaired) electrons. The van der Waals surface area contributed by atoms with Crippen molar-refractivity contribution in [2.75, 3.05) is 13.1 Å². The van der Waals surface area contributed by atoms with Crippen LogP contribution in [0.3, 0.4) is 0 Å². The maximum Gasteiger partial charge on any atom is 0.410 e. The maximum absolute atomic E-state index is 12.1. The van der Waals surface area contributed by atoms with Crippen LogP contribution < -0.4 is 5.32 Å². The van der Waals surface area contributed by atoms with Gasteiger partial charge in [0.05, 0.1) is 5.01 Å². The van der Waals surface area contributed by atoms with E-state index < -0.39 is 5.60 Å². The van der Waals surface area contributed by atoms with E-state index in [-0.39, 0.29) is 11.6 Å². The molecule has 1 aromatic heterocycles. The van der Waals surface area contributed by atoms with Crippen LogP contribution in [-0.4, -0.2) is 40.2 Å². The van der Waals surface area contributed by atoms with Crippen molar-refractivity contribution in [2.24, 2.45) is 0 Å². The fourth-order valence-electron chi connectivity index (χ4n) is 2.47. The molecule has 0 aliphatic carbocycles. The van der Waals surface area contributed by atoms with Gasteiger partial charge < -0.3 is 15.0 Å². The number of nitrogens with one attached hydrogen (secondary N) is 1. The Morgan fingerprint density at radius 2 is 2.09 bits per heavy atom. The van der Waals surface area contributed by atoms with E-state index in [0.29, 0.717) is 0 Å². The van der Waals surface area contributed by atoms with Crippen LogP contribution in [0.5, 0.6) is 0 Å². The average Bonchev–Trinajstić information content (AvgIpc) is 2.81. The number of hydrogen-bond acceptors (Lipinski definition) is 5. The maximum atomic E-state index is 12.1. The van der Waals surface area contributed by atoms with Crippen LogP contribution in [0.15, 0.2) is 6.20 Å². The van der Waals surface area contributed by atoms with Crippen molar-refractivity contribution in [3.05, 3.63) is 16.1 Å². The number of piperidine rings is 1. The van der Waals surface area contributed by atoms with Crippen LogP contribution in [0.1, 0.15) is 50.4 Å². The van der Waals surface area contributed by atoms with Gasteiger partial charge in [-0.15, -0.1) is 11.3 Å². The number of amides is 1. The predicted molar refractivity (Wildman–Crippen MR) is 89.1 cm³/mol. The molecule has 1 aliphatic rings. The predicted octanol–water partition coefficient (Wildman–Crippen LogP) is 3.33. The summed E-state index contributed by atoms with van der Waals surface area (Å²) in [7, 11) is 0. The molecule has 0 saturated carbocycles. The molecule has 0 spiro atoms. The number of carbonyl (C=O) groups is 1. The highest BCUT2D eigenvalue weighted by Crippen LogP contribution is 2.24. The highest BCUT2D eigenvalue weighted by molar-refractivity contribution is 7.11. The summed E-state index contributed by atoms with van der Waals surface area (Å²) in [5.41, 5.74) is -0.365. The Balaban J connectivity index is 1.81. The number of aromatic nitrogens is 1. The molecule has 2 rings (SSSR count). The molecular weight excluding hydrogens is 298 g/mol. The molecule has 1 aromatic rings. The van der Waals surface area contributed by atoms with E-state index in [1.807, 2.05) is 38.8 Å². The van der Waals surface area contributed by atoms with Crippen molar-refractivity contribution in [2.45, 2.75) is 65.1 Å². The van der Waals surface area contributed by atoms with Crippen LogP contribution in [0, 0.1) is 6.92 Å². The van der Waals surface area contributed by atoms with Crippen LogP contribution >= 0.6 is 11.3 Å². The van der Waals surface area contributed by atoms with Crippen LogP contribution in [0.4, 0.5) is 4.79 Å². The second-order valence-electron chi connectivity index (χ2n) is 7.23. The Bertz CT molecular complexity index is 514. The van der Waals surface area contributed by atoms with E-state index in [2.05, 4.69) is 17.2 Å². The summed E-state index contributed by atoms with van der Waals surface area (Å²) in [6.07, 6.45) is 3.60. The lowest BCUT2D eigenvalue weighted by Crippen LogP contribution is -2.52. The highest BCUT2D eigenvalue weighted by Gasteiger charge is 2.33. The smallest absolute Gasteiger partial charge is 0.410 e. The molecule has 1 aliphatic heterocycles. The second-order valence-corrected chi connectivity index (χ2v) is 8.55. The number of ether oxygens (including phenoxy) is 1. The monoisotopic (exact) mass is 325 g/mol. The summed E-state index contributed by atoms with van der Waals surface area (Å²) in [5.74, 6) is 0. The first-order valence-electron chi connectivity index (χ1n) is 7.81. The Kier molecular flexibility index (Phi) is 5.12. The number of aryl methyl sites for hydroxylation is 1. The SMILES string of the molecule is Cc1ncc(CNC2(C)CCN(C(=O)OC(C)(C)C)CC2)s1. The molecule has 5 nitrogen and oxygen atoms in total. The first-order chi connectivity index (χ1) is 10.2. The standard InChI is InChI=1S/C16H27N3O2S/c1-12-17-10-13(22-12)11-18-16(5)6-8-19(9-7-16)14(20)21-15(2,3)4/h10,18H,6-9,11H2,1-5H3. The Hall–Kier alpha value is -1.14. The van der Waals surface area contributed by atoms with E-state index in [1.165, 1.54) is 4.88 Å². The normalized spacial score (nSPS) is 18.3. The summed E-state index contributed by atoms with van der Waals surface area (Å²) in [4.78, 5) is 19.4. The van der Waals surface area contributed by atoms with Crippen molar-refractivity contribution in [3.8, 4) is 0 Å². The topological polar surface area (TPSA) is 54.5 Å². The summed E-state index contributed by atoms with van der Waals surface area (Å²) in [6, 6.07) is 0. The van der Waals surface area contributed by atoms with Gasteiger partial charge in [-0.05, 0) is 47.5 Å². The van der Waals surface area contributed by atoms with Gasteiger partial charge >= 0.3 is 6.09 Å². The zero-order chi connectivity index (χ0) is 16.4. The average molecular weight is 325 g/mol. The Morgan fingerprint density at radius 1 is 1.45 bits per heavy atom. The quantitative estimate of drug-likeness (QED) is 0.926. The molecule has 2 heterocycles. The third kappa shape index (κ3) is 4.95. The fourth-order valence-corrected chi connectivity index (χ4v) is 3.21. The summed E-state index contributed by atoms with van der Waals surface area (Å²) < 4.78 is 5.44. The highest BCUT2D eigenvalue weighted by atomic mass is 32.1. The van der Waals surface area contributed by atoms with Crippen LogP contribution in [0.25, 0.3) is 0 Å². The van der Waals surface area contributed by atoms with Crippen LogP contribution in [0.2, 0.25) is 0 Å². The molecule has 1 fully saturated rings. The zero-order valence-corrected chi connectivity index (χ0v) is 15.0. The molecule has 124 valence electrons. The van der Waals surface area contributed by atoms with Gasteiger partial charge in [0.25, 0.3) is 0 Å². The Morgan fingerprint density at radius 3 is 2.59 bits per heavy atom. The van der Waals surface area contributed by atoms with Gasteiger partial charge in [-0.3, -0.25) is 0 Å². The minimum Gasteiger partial charge on any atom is -0.444 e. The number of rotatable bonds is 3. The zero-order valence-electron chi connectivity index (χ0n) is 14.2. The van der Waals surface area contributed by atoms with Crippen molar-refractivity contribution < 1.29 is 9.53 Å². The third-order valence-corrected chi connectivity index (χ3v) is 4.79. The van der Waals surface area contributed by atoms with E-state index in [4.69, 9.17) is 4.74 Å². The minimum atomic E-state index is -0.430. The van der Waals surface area contributed by atoms with Crippen molar-refractivity contribution in [3.63, 3.8) is 0 Å². The summed E-state index contributed by atoms with van der Waals surface area (Å²) in [5, 5.41) is 4.73. The van der Waals surface area contributed by atoms with Gasteiger partial charge in [-0.2, -0.15) is 0 Å². The van der Waals surface area contributed by atoms with Crippen molar-refractivity contribution in [1.82, 2.24) is 15.2 Å². The lowest BCUT2D eigenvalue weighted by Gasteiger charge is -2.40. The van der Waals surface area contributed by atoms with Crippen LogP contribution in [-0.2, 0) is 11.3 Å². The van der Waals surface area contributed by atoms with E-state index >= 15 is 0 Å². The minimum absolute atomic E-state index is 0.0659. The van der Waals surface area contributed by atoms with E-state index in [0.717, 1.165) is 37.5 Å². The van der Waals surface area contributed by atoms with Gasteiger partial charge in [-0.25, -0.2) is 9.78 Å². The van der Waals surface area contributed by atoms with Gasteiger partial charge in [0, 0.05) is 36.2 Å². The first kappa shape index (κ1) is 17.2. The molecule has 0 unspecified atom stereocenters. The lowest BCUT2D eigenvalue weighted by atomic mass is 9.90. The summed E-state index contributed by atoms with van der Waals surface area (Å²) in [6.45, 7) is 12.3. The molecule has 1 saturated heterocycles. The molecule has 1 N–H and O–H groups in total. The number of hydrogen-bond donors (Lipinski definition) is 1. The molecule has 0 atom stereocenters. The van der Waals surface area contributed by atoms with E-state index in [1.54, 1.807) is 11.3 Å². The largest absolute Gasteiger partial charge is 0.444 e. The van der Waals surface area contributed by atoms with E-state index in [9.17, 15) is 4.79 Å². The van der Waals surface area contributed by atoms with Crippen molar-refractivity contribution in [1.29, 1.82) is 0 Å². The number of likely N-dealkylation sites (tertiary alicyclic amines) is 1. The first-order valence-corrected chi connectivity index (χ1v) is 8.63. The third-order valence-electron chi connectivity index (χ3n) is 3.88. The molecule has 0 aromatic carbocycles. The lowest BCUT2D eigenvalue weighted by molar-refractivity contribution is 0.0157. The molecule has 0 bridgehead atoms. The summed E-state index contributed by atoms with van der Waals surface area (Å²) >= 11 is 1.73. The molecular formula is C16H27N3O2S. The van der Waals surface area contributed by atoms with Gasteiger partial charge in [0.15, 0.2) is 0 Å². The molecule has 6 heteroatoms. The molecule has 22 heavy (non-hydrogen) atoms. The number of thiazole rings is 1. The fraction of sp³-hybridized carbons (Fsp3) is 0.750. The van der Waals surface area contributed by atoms with Gasteiger partial charge in [0.1, 0.15) is 5.60 Å². The van der Waals surface area contributed by atoms with Crippen molar-refractivity contribution >= 4 is 17.4 Å². The van der Waals surface area contributed by atoms with Gasteiger partial charge in [0.2, 0.25) is 0 Å². The Labute approximate surface area is 137 Å². The second kappa shape index (κ2) is 6.54.